The first-order valence-corrected chi connectivity index (χ1v) is 7.06. The number of benzene rings is 1. The van der Waals surface area contributed by atoms with Gasteiger partial charge in [-0.05, 0) is 25.1 Å². The van der Waals surface area contributed by atoms with Crippen molar-refractivity contribution in [1.29, 1.82) is 0 Å². The zero-order valence-electron chi connectivity index (χ0n) is 11.6. The molecular formula is C15H12Cl2N2O3. The Hall–Kier alpha value is -2.11. The number of aryl methyl sites for hydroxylation is 1. The average molecular weight is 339 g/mol. The Balaban J connectivity index is 1.91. The molecule has 2 rings (SSSR count). The van der Waals surface area contributed by atoms with Gasteiger partial charge in [0.1, 0.15) is 0 Å². The van der Waals surface area contributed by atoms with Gasteiger partial charge in [0.25, 0.3) is 5.91 Å². The smallest absolute Gasteiger partial charge is 0.338 e. The van der Waals surface area contributed by atoms with E-state index in [9.17, 15) is 9.59 Å². The Morgan fingerprint density at radius 1 is 1.27 bits per heavy atom. The van der Waals surface area contributed by atoms with Gasteiger partial charge in [0, 0.05) is 6.20 Å². The number of nitrogens with zero attached hydrogens (tertiary/aromatic N) is 1. The molecule has 0 aliphatic heterocycles. The molecule has 1 amide bonds. The largest absolute Gasteiger partial charge is 0.452 e. The van der Waals surface area contributed by atoms with Gasteiger partial charge < -0.3 is 10.1 Å². The third-order valence-electron chi connectivity index (χ3n) is 2.65. The van der Waals surface area contributed by atoms with Gasteiger partial charge in [-0.2, -0.15) is 0 Å². The molecule has 1 aromatic carbocycles. The van der Waals surface area contributed by atoms with Gasteiger partial charge in [-0.15, -0.1) is 0 Å². The number of esters is 1. The van der Waals surface area contributed by atoms with E-state index in [0.717, 1.165) is 5.56 Å². The van der Waals surface area contributed by atoms with Crippen LogP contribution < -0.4 is 5.32 Å². The van der Waals surface area contributed by atoms with Gasteiger partial charge in [0.15, 0.2) is 12.4 Å². The number of aromatic nitrogens is 1. The van der Waals surface area contributed by atoms with Crippen LogP contribution in [0.2, 0.25) is 10.0 Å². The fraction of sp³-hybridized carbons (Fsp3) is 0.133. The van der Waals surface area contributed by atoms with Crippen molar-refractivity contribution >= 4 is 40.9 Å². The summed E-state index contributed by atoms with van der Waals surface area (Å²) in [6, 6.07) is 8.34. The van der Waals surface area contributed by atoms with Gasteiger partial charge in [-0.25, -0.2) is 9.78 Å². The summed E-state index contributed by atoms with van der Waals surface area (Å²) in [5.41, 5.74) is 1.31. The minimum absolute atomic E-state index is 0.155. The fourth-order valence-corrected chi connectivity index (χ4v) is 2.09. The number of nitrogens with one attached hydrogen (secondary N) is 1. The lowest BCUT2D eigenvalue weighted by Gasteiger charge is -2.07. The Bertz CT molecular complexity index is 720. The molecule has 0 fully saturated rings. The molecule has 22 heavy (non-hydrogen) atoms. The van der Waals surface area contributed by atoms with E-state index in [0.29, 0.717) is 10.6 Å². The highest BCUT2D eigenvalue weighted by Crippen LogP contribution is 2.22. The van der Waals surface area contributed by atoms with Gasteiger partial charge in [-0.1, -0.05) is 40.9 Å². The van der Waals surface area contributed by atoms with E-state index < -0.39 is 18.5 Å². The molecular weight excluding hydrogens is 327 g/mol. The van der Waals surface area contributed by atoms with Crippen LogP contribution in [0.4, 0.5) is 5.82 Å². The third-order valence-corrected chi connectivity index (χ3v) is 3.15. The van der Waals surface area contributed by atoms with Crippen LogP contribution in [0.3, 0.4) is 0 Å². The normalized spacial score (nSPS) is 10.1. The predicted molar refractivity (Wildman–Crippen MR) is 84.3 cm³/mol. The minimum atomic E-state index is -0.575. The van der Waals surface area contributed by atoms with E-state index in [1.807, 2.05) is 13.0 Å². The lowest BCUT2D eigenvalue weighted by molar-refractivity contribution is -0.119. The van der Waals surface area contributed by atoms with Crippen LogP contribution in [0.5, 0.6) is 0 Å². The highest BCUT2D eigenvalue weighted by Gasteiger charge is 2.12. The summed E-state index contributed by atoms with van der Waals surface area (Å²) in [5.74, 6) is -0.964. The van der Waals surface area contributed by atoms with Crippen molar-refractivity contribution in [3.8, 4) is 0 Å². The maximum Gasteiger partial charge on any atom is 0.338 e. The number of hydrogen-bond donors (Lipinski definition) is 1. The first-order valence-electron chi connectivity index (χ1n) is 6.30. The standard InChI is InChI=1S/C15H12Cl2N2O3/c1-9-3-2-4-10(5-9)15(21)22-8-13(20)19-14-12(17)6-11(16)7-18-14/h2-7H,8H2,1H3,(H,18,19,20). The number of carbonyl (C=O) groups excluding carboxylic acids is 2. The zero-order valence-corrected chi connectivity index (χ0v) is 13.1. The summed E-state index contributed by atoms with van der Waals surface area (Å²) in [6.07, 6.45) is 1.35. The summed E-state index contributed by atoms with van der Waals surface area (Å²) < 4.78 is 4.93. The van der Waals surface area contributed by atoms with Crippen LogP contribution in [-0.2, 0) is 9.53 Å². The third kappa shape index (κ3) is 4.44. The van der Waals surface area contributed by atoms with Gasteiger partial charge in [-0.3, -0.25) is 4.79 Å². The first-order chi connectivity index (χ1) is 10.5. The number of rotatable bonds is 4. The lowest BCUT2D eigenvalue weighted by Crippen LogP contribution is -2.21. The van der Waals surface area contributed by atoms with Crippen LogP contribution in [0.1, 0.15) is 15.9 Å². The highest BCUT2D eigenvalue weighted by molar-refractivity contribution is 6.36. The summed E-state index contributed by atoms with van der Waals surface area (Å²) in [5, 5.41) is 2.99. The summed E-state index contributed by atoms with van der Waals surface area (Å²) >= 11 is 11.6. The lowest BCUT2D eigenvalue weighted by atomic mass is 10.1. The molecule has 1 heterocycles. The second kappa shape index (κ2) is 7.24. The van der Waals surface area contributed by atoms with E-state index in [1.165, 1.54) is 12.3 Å². The molecule has 114 valence electrons. The molecule has 0 unspecified atom stereocenters. The quantitative estimate of drug-likeness (QED) is 0.866. The molecule has 0 bridgehead atoms. The number of amides is 1. The molecule has 1 N–H and O–H groups in total. The molecule has 0 saturated heterocycles. The number of carbonyl (C=O) groups is 2. The van der Waals surface area contributed by atoms with Crippen LogP contribution in [-0.4, -0.2) is 23.5 Å². The average Bonchev–Trinajstić information content (AvgIpc) is 2.47. The van der Waals surface area contributed by atoms with Gasteiger partial charge >= 0.3 is 5.97 Å². The van der Waals surface area contributed by atoms with Crippen LogP contribution >= 0.6 is 23.2 Å². The summed E-state index contributed by atoms with van der Waals surface area (Å²) in [7, 11) is 0. The van der Waals surface area contributed by atoms with E-state index in [2.05, 4.69) is 10.3 Å². The van der Waals surface area contributed by atoms with Crippen molar-refractivity contribution in [2.45, 2.75) is 6.92 Å². The highest BCUT2D eigenvalue weighted by atomic mass is 35.5. The summed E-state index contributed by atoms with van der Waals surface area (Å²) in [4.78, 5) is 27.4. The van der Waals surface area contributed by atoms with Crippen molar-refractivity contribution in [3.63, 3.8) is 0 Å². The number of pyridine rings is 1. The molecule has 0 spiro atoms. The monoisotopic (exact) mass is 338 g/mol. The van der Waals surface area contributed by atoms with E-state index >= 15 is 0 Å². The molecule has 1 aromatic heterocycles. The molecule has 0 radical (unpaired) electrons. The Morgan fingerprint density at radius 2 is 2.05 bits per heavy atom. The Morgan fingerprint density at radius 3 is 2.73 bits per heavy atom. The molecule has 0 atom stereocenters. The van der Waals surface area contributed by atoms with Crippen LogP contribution in [0, 0.1) is 6.92 Å². The van der Waals surface area contributed by atoms with Crippen molar-refractivity contribution in [2.24, 2.45) is 0 Å². The van der Waals surface area contributed by atoms with Crippen LogP contribution in [0.15, 0.2) is 36.5 Å². The van der Waals surface area contributed by atoms with E-state index in [-0.39, 0.29) is 10.8 Å². The minimum Gasteiger partial charge on any atom is -0.452 e. The second-order valence-electron chi connectivity index (χ2n) is 4.48. The molecule has 2 aromatic rings. The second-order valence-corrected chi connectivity index (χ2v) is 5.32. The number of halogens is 2. The summed E-state index contributed by atoms with van der Waals surface area (Å²) in [6.45, 7) is 1.42. The number of hydrogen-bond acceptors (Lipinski definition) is 4. The van der Waals surface area contributed by atoms with Gasteiger partial charge in [0.05, 0.1) is 15.6 Å². The molecule has 7 heteroatoms. The number of ether oxygens (including phenoxy) is 1. The number of anilines is 1. The van der Waals surface area contributed by atoms with Crippen molar-refractivity contribution in [2.75, 3.05) is 11.9 Å². The Labute approximate surface area is 137 Å². The van der Waals surface area contributed by atoms with E-state index in [1.54, 1.807) is 18.2 Å². The first kappa shape index (κ1) is 16.3. The molecule has 0 aliphatic carbocycles. The van der Waals surface area contributed by atoms with E-state index in [4.69, 9.17) is 27.9 Å². The van der Waals surface area contributed by atoms with Crippen molar-refractivity contribution in [1.82, 2.24) is 4.98 Å². The fourth-order valence-electron chi connectivity index (χ4n) is 1.66. The SMILES string of the molecule is Cc1cccc(C(=O)OCC(=O)Nc2ncc(Cl)cc2Cl)c1. The van der Waals surface area contributed by atoms with Crippen molar-refractivity contribution in [3.05, 3.63) is 57.7 Å². The molecule has 0 aliphatic rings. The van der Waals surface area contributed by atoms with Crippen molar-refractivity contribution < 1.29 is 14.3 Å². The predicted octanol–water partition coefficient (Wildman–Crippen LogP) is 3.49. The Kier molecular flexibility index (Phi) is 5.35. The molecule has 0 saturated carbocycles. The molecule has 5 nitrogen and oxygen atoms in total. The topological polar surface area (TPSA) is 68.3 Å². The maximum absolute atomic E-state index is 11.8. The van der Waals surface area contributed by atoms with Crippen LogP contribution in [0.25, 0.3) is 0 Å². The van der Waals surface area contributed by atoms with Gasteiger partial charge in [0.2, 0.25) is 0 Å². The maximum atomic E-state index is 11.8. The zero-order chi connectivity index (χ0) is 16.1.